The lowest BCUT2D eigenvalue weighted by Crippen LogP contribution is -2.54. The fourth-order valence-electron chi connectivity index (χ4n) is 3.41. The van der Waals surface area contributed by atoms with E-state index in [2.05, 4.69) is 5.32 Å². The molecule has 1 N–H and O–H groups in total. The third-order valence-corrected chi connectivity index (χ3v) is 5.78. The van der Waals surface area contributed by atoms with Crippen molar-refractivity contribution >= 4 is 52.8 Å². The van der Waals surface area contributed by atoms with E-state index in [0.29, 0.717) is 5.56 Å². The smallest absolute Gasteiger partial charge is 0.336 e. The van der Waals surface area contributed by atoms with Gasteiger partial charge in [-0.25, -0.2) is 9.69 Å². The Labute approximate surface area is 193 Å². The Morgan fingerprint density at radius 1 is 1.03 bits per heavy atom. The quantitative estimate of drug-likeness (QED) is 0.440. The first-order chi connectivity index (χ1) is 15.3. The van der Waals surface area contributed by atoms with Crippen molar-refractivity contribution in [2.75, 3.05) is 12.0 Å². The monoisotopic (exact) mass is 469 g/mol. The van der Waals surface area contributed by atoms with E-state index in [1.165, 1.54) is 18.2 Å². The Balaban J connectivity index is 1.71. The van der Waals surface area contributed by atoms with Crippen molar-refractivity contribution in [2.45, 2.75) is 6.92 Å². The molecule has 1 saturated heterocycles. The summed E-state index contributed by atoms with van der Waals surface area (Å²) in [6.45, 7) is 1.90. The molecular weight excluding hydrogens is 453 g/mol. The van der Waals surface area contributed by atoms with Gasteiger partial charge in [0.15, 0.2) is 0 Å². The molecule has 0 unspecified atom stereocenters. The third kappa shape index (κ3) is 3.88. The number of nitrogens with one attached hydrogen (secondary N) is 1. The molecule has 0 saturated carbocycles. The summed E-state index contributed by atoms with van der Waals surface area (Å²) < 4.78 is 7.10. The number of hydrogen-bond acceptors (Lipinski definition) is 4. The molecular formula is C23H17Cl2N3O4. The Morgan fingerprint density at radius 3 is 2.44 bits per heavy atom. The van der Waals surface area contributed by atoms with Gasteiger partial charge in [-0.1, -0.05) is 29.3 Å². The van der Waals surface area contributed by atoms with E-state index in [0.717, 1.165) is 22.0 Å². The third-order valence-electron chi connectivity index (χ3n) is 4.97. The van der Waals surface area contributed by atoms with Crippen LogP contribution >= 0.6 is 23.2 Å². The second kappa shape index (κ2) is 8.53. The zero-order valence-electron chi connectivity index (χ0n) is 17.1. The average molecular weight is 470 g/mol. The van der Waals surface area contributed by atoms with Crippen LogP contribution in [0.5, 0.6) is 5.75 Å². The minimum absolute atomic E-state index is 0.0351. The molecule has 9 heteroatoms. The number of halogens is 2. The summed E-state index contributed by atoms with van der Waals surface area (Å²) in [6, 6.07) is 13.0. The van der Waals surface area contributed by atoms with Crippen molar-refractivity contribution in [1.29, 1.82) is 0 Å². The first-order valence-corrected chi connectivity index (χ1v) is 10.2. The van der Waals surface area contributed by atoms with E-state index in [9.17, 15) is 14.4 Å². The number of aryl methyl sites for hydroxylation is 1. The molecule has 2 aromatic carbocycles. The molecule has 32 heavy (non-hydrogen) atoms. The Hall–Kier alpha value is -3.55. The topological polar surface area (TPSA) is 80.6 Å². The number of ether oxygens (including phenoxy) is 1. The lowest BCUT2D eigenvalue weighted by Gasteiger charge is -2.27. The van der Waals surface area contributed by atoms with Gasteiger partial charge >= 0.3 is 6.03 Å². The molecule has 2 heterocycles. The number of rotatable bonds is 4. The maximum atomic E-state index is 13.1. The van der Waals surface area contributed by atoms with Crippen molar-refractivity contribution in [2.24, 2.45) is 0 Å². The van der Waals surface area contributed by atoms with Crippen molar-refractivity contribution in [1.82, 2.24) is 9.88 Å². The summed E-state index contributed by atoms with van der Waals surface area (Å²) in [6.07, 6.45) is 3.22. The summed E-state index contributed by atoms with van der Waals surface area (Å²) in [4.78, 5) is 38.8. The lowest BCUT2D eigenvalue weighted by molar-refractivity contribution is -0.122. The largest absolute Gasteiger partial charge is 0.497 e. The molecule has 7 nitrogen and oxygen atoms in total. The number of benzene rings is 2. The number of nitrogens with zero attached hydrogens (tertiary/aromatic N) is 2. The average Bonchev–Trinajstić information content (AvgIpc) is 3.14. The fourth-order valence-corrected chi connectivity index (χ4v) is 3.79. The maximum absolute atomic E-state index is 13.1. The highest BCUT2D eigenvalue weighted by molar-refractivity contribution is 6.46. The Bertz CT molecular complexity index is 1280. The molecule has 0 radical (unpaired) electrons. The van der Waals surface area contributed by atoms with Crippen molar-refractivity contribution in [3.8, 4) is 11.4 Å². The molecule has 3 aromatic rings. The normalized spacial score (nSPS) is 15.3. The number of carbonyl (C=O) groups is 3. The zero-order chi connectivity index (χ0) is 23.0. The number of amides is 4. The number of aromatic nitrogens is 1. The van der Waals surface area contributed by atoms with Crippen molar-refractivity contribution in [3.05, 3.63) is 81.6 Å². The molecule has 162 valence electrons. The Kier molecular flexibility index (Phi) is 5.78. The maximum Gasteiger partial charge on any atom is 0.336 e. The van der Waals surface area contributed by atoms with E-state index in [1.54, 1.807) is 19.4 Å². The molecule has 1 aliphatic rings. The first kappa shape index (κ1) is 21.7. The molecule has 4 amide bonds. The number of hydrogen-bond donors (Lipinski definition) is 1. The van der Waals surface area contributed by atoms with Gasteiger partial charge in [-0.2, -0.15) is 0 Å². The fraction of sp³-hybridized carbons (Fsp3) is 0.0870. The van der Waals surface area contributed by atoms with Gasteiger partial charge < -0.3 is 9.30 Å². The van der Waals surface area contributed by atoms with E-state index >= 15 is 0 Å². The number of carbonyl (C=O) groups excluding carboxylic acids is 3. The Morgan fingerprint density at radius 2 is 1.75 bits per heavy atom. The van der Waals surface area contributed by atoms with E-state index < -0.39 is 17.8 Å². The minimum Gasteiger partial charge on any atom is -0.497 e. The van der Waals surface area contributed by atoms with Gasteiger partial charge in [0.1, 0.15) is 11.3 Å². The van der Waals surface area contributed by atoms with Crippen molar-refractivity contribution in [3.63, 3.8) is 0 Å². The lowest BCUT2D eigenvalue weighted by atomic mass is 10.1. The minimum atomic E-state index is -0.895. The van der Waals surface area contributed by atoms with Crippen LogP contribution in [0, 0.1) is 6.92 Å². The second-order valence-corrected chi connectivity index (χ2v) is 7.80. The predicted octanol–water partition coefficient (Wildman–Crippen LogP) is 4.77. The van der Waals surface area contributed by atoms with Crippen LogP contribution in [0.4, 0.5) is 10.5 Å². The van der Waals surface area contributed by atoms with Crippen LogP contribution in [0.2, 0.25) is 10.0 Å². The number of barbiturate groups is 1. The highest BCUT2D eigenvalue weighted by Crippen LogP contribution is 2.34. The molecule has 4 rings (SSSR count). The van der Waals surface area contributed by atoms with Crippen LogP contribution in [0.3, 0.4) is 0 Å². The number of anilines is 1. The molecule has 1 aromatic heterocycles. The molecule has 1 aliphatic heterocycles. The standard InChI is InChI=1S/C23H17Cl2N3O4/c1-13-10-14(12-27(13)15-6-8-16(32-2)9-7-15)11-17-21(29)26-23(31)28(22(17)30)19-5-3-4-18(24)20(19)25/h3-12H,1-2H3,(H,26,29,31)/b17-11-. The number of methoxy groups -OCH3 is 1. The predicted molar refractivity (Wildman–Crippen MR) is 123 cm³/mol. The van der Waals surface area contributed by atoms with Crippen LogP contribution in [0.1, 0.15) is 11.3 Å². The zero-order valence-corrected chi connectivity index (χ0v) is 18.6. The van der Waals surface area contributed by atoms with Crippen LogP contribution in [0.15, 0.2) is 60.3 Å². The van der Waals surface area contributed by atoms with Gasteiger partial charge in [0.2, 0.25) is 0 Å². The van der Waals surface area contributed by atoms with Crippen molar-refractivity contribution < 1.29 is 19.1 Å². The van der Waals surface area contributed by atoms with E-state index in [4.69, 9.17) is 27.9 Å². The highest BCUT2D eigenvalue weighted by Gasteiger charge is 2.38. The van der Waals surface area contributed by atoms with Crippen LogP contribution in [0.25, 0.3) is 11.8 Å². The van der Waals surface area contributed by atoms with Gasteiger partial charge in [0.25, 0.3) is 11.8 Å². The van der Waals surface area contributed by atoms with E-state index in [-0.39, 0.29) is 21.3 Å². The molecule has 0 bridgehead atoms. The molecule has 0 spiro atoms. The SMILES string of the molecule is COc1ccc(-n2cc(/C=C3/C(=O)NC(=O)N(c4cccc(Cl)c4Cl)C3=O)cc2C)cc1. The van der Waals surface area contributed by atoms with Gasteiger partial charge in [-0.05, 0) is 61.0 Å². The van der Waals surface area contributed by atoms with Gasteiger partial charge in [-0.3, -0.25) is 14.9 Å². The molecule has 0 atom stereocenters. The second-order valence-electron chi connectivity index (χ2n) is 7.01. The van der Waals surface area contributed by atoms with Crippen LogP contribution < -0.4 is 15.0 Å². The van der Waals surface area contributed by atoms with Gasteiger partial charge in [0, 0.05) is 17.6 Å². The summed E-state index contributed by atoms with van der Waals surface area (Å²) in [5.74, 6) is -0.850. The van der Waals surface area contributed by atoms with E-state index in [1.807, 2.05) is 41.8 Å². The first-order valence-electron chi connectivity index (χ1n) is 9.49. The van der Waals surface area contributed by atoms with Crippen LogP contribution in [-0.2, 0) is 9.59 Å². The molecule has 1 fully saturated rings. The summed E-state index contributed by atoms with van der Waals surface area (Å²) in [5.41, 5.74) is 2.27. The van der Waals surface area contributed by atoms with Gasteiger partial charge in [-0.15, -0.1) is 0 Å². The number of urea groups is 1. The highest BCUT2D eigenvalue weighted by atomic mass is 35.5. The summed E-state index contributed by atoms with van der Waals surface area (Å²) >= 11 is 12.2. The summed E-state index contributed by atoms with van der Waals surface area (Å²) in [5, 5.41) is 2.39. The number of imide groups is 2. The molecule has 0 aliphatic carbocycles. The summed E-state index contributed by atoms with van der Waals surface area (Å²) in [7, 11) is 1.59. The van der Waals surface area contributed by atoms with Crippen LogP contribution in [-0.4, -0.2) is 29.5 Å². The van der Waals surface area contributed by atoms with Gasteiger partial charge in [0.05, 0.1) is 22.8 Å².